The van der Waals surface area contributed by atoms with E-state index < -0.39 is 0 Å². The van der Waals surface area contributed by atoms with Crippen molar-refractivity contribution in [1.29, 1.82) is 0 Å². The summed E-state index contributed by atoms with van der Waals surface area (Å²) in [6, 6.07) is 4.01. The molecule has 0 aromatic carbocycles. The van der Waals surface area contributed by atoms with Gasteiger partial charge in [-0.2, -0.15) is 0 Å². The monoisotopic (exact) mass is 257 g/mol. The fourth-order valence-electron chi connectivity index (χ4n) is 2.02. The molecule has 4 N–H and O–H groups in total. The molecule has 1 aromatic rings. The van der Waals surface area contributed by atoms with Gasteiger partial charge in [0.1, 0.15) is 5.82 Å². The first-order valence-corrected chi connectivity index (χ1v) is 6.61. The van der Waals surface area contributed by atoms with Gasteiger partial charge in [-0.25, -0.2) is 4.98 Å². The summed E-state index contributed by atoms with van der Waals surface area (Å²) in [7, 11) is 0. The summed E-state index contributed by atoms with van der Waals surface area (Å²) < 4.78 is 0. The lowest BCUT2D eigenvalue weighted by Gasteiger charge is -2.18. The van der Waals surface area contributed by atoms with Gasteiger partial charge < -0.3 is 10.6 Å². The van der Waals surface area contributed by atoms with Crippen LogP contribution < -0.4 is 16.4 Å². The lowest BCUT2D eigenvalue weighted by Crippen LogP contribution is -2.36. The zero-order valence-corrected chi connectivity index (χ0v) is 11.1. The highest BCUT2D eigenvalue weighted by molar-refractivity contribution is 5.85. The number of rotatable bonds is 4. The maximum atomic E-state index is 5.74. The predicted molar refractivity (Wildman–Crippen MR) is 77.6 cm³/mol. The summed E-state index contributed by atoms with van der Waals surface area (Å²) in [6.07, 6.45) is 7.71. The molecule has 0 amide bonds. The standard InChI is InChI=1S/C14H19N5/c1-14(4-5-14)9-18-12-8-10(2-6-16-12)11-3-7-17-13(15)19-11/h2-3,6-8,13,19H,4-5,9,15H2,1H3,(H,16,18). The highest BCUT2D eigenvalue weighted by atomic mass is 15.2. The third-order valence-electron chi connectivity index (χ3n) is 3.66. The summed E-state index contributed by atoms with van der Waals surface area (Å²) in [4.78, 5) is 8.39. The normalized spacial score (nSPS) is 23.5. The molecule has 1 aliphatic heterocycles. The molecule has 100 valence electrons. The average Bonchev–Trinajstić information content (AvgIpc) is 3.16. The SMILES string of the molecule is CC1(CNc2cc(C3=CC=NC(N)N3)ccn2)CC1. The van der Waals surface area contributed by atoms with Crippen LogP contribution in [0.15, 0.2) is 29.4 Å². The molecule has 0 bridgehead atoms. The van der Waals surface area contributed by atoms with Gasteiger partial charge in [-0.1, -0.05) is 6.92 Å². The van der Waals surface area contributed by atoms with Crippen LogP contribution in [0.25, 0.3) is 5.70 Å². The van der Waals surface area contributed by atoms with Crippen molar-refractivity contribution in [2.75, 3.05) is 11.9 Å². The van der Waals surface area contributed by atoms with E-state index in [1.807, 2.05) is 24.4 Å². The highest BCUT2D eigenvalue weighted by Gasteiger charge is 2.36. The predicted octanol–water partition coefficient (Wildman–Crippen LogP) is 1.55. The van der Waals surface area contributed by atoms with Gasteiger partial charge >= 0.3 is 0 Å². The Kier molecular flexibility index (Phi) is 2.98. The molecule has 1 aromatic heterocycles. The molecule has 3 rings (SSSR count). The summed E-state index contributed by atoms with van der Waals surface area (Å²) in [5, 5.41) is 6.54. The number of anilines is 1. The summed E-state index contributed by atoms with van der Waals surface area (Å²) in [5.74, 6) is 0.907. The molecule has 1 unspecified atom stereocenters. The average molecular weight is 257 g/mol. The van der Waals surface area contributed by atoms with Gasteiger partial charge in [0.15, 0.2) is 6.29 Å². The topological polar surface area (TPSA) is 75.3 Å². The van der Waals surface area contributed by atoms with Crippen LogP contribution in [0.1, 0.15) is 25.3 Å². The molecule has 2 heterocycles. The first-order valence-electron chi connectivity index (χ1n) is 6.61. The molecule has 1 atom stereocenters. The van der Waals surface area contributed by atoms with Gasteiger partial charge in [-0.15, -0.1) is 0 Å². The van der Waals surface area contributed by atoms with Gasteiger partial charge in [0.2, 0.25) is 0 Å². The minimum atomic E-state index is -0.366. The van der Waals surface area contributed by atoms with Crippen LogP contribution in [0.5, 0.6) is 0 Å². The lowest BCUT2D eigenvalue weighted by molar-refractivity contribution is 0.609. The molecule has 0 radical (unpaired) electrons. The Bertz CT molecular complexity index is 530. The quantitative estimate of drug-likeness (QED) is 0.765. The molecule has 1 saturated carbocycles. The first-order chi connectivity index (χ1) is 9.15. The fraction of sp³-hybridized carbons (Fsp3) is 0.429. The molecule has 0 saturated heterocycles. The first kappa shape index (κ1) is 12.2. The number of nitrogens with one attached hydrogen (secondary N) is 2. The number of nitrogens with zero attached hydrogens (tertiary/aromatic N) is 2. The van der Waals surface area contributed by atoms with Crippen molar-refractivity contribution >= 4 is 17.7 Å². The minimum Gasteiger partial charge on any atom is -0.370 e. The molecule has 19 heavy (non-hydrogen) atoms. The van der Waals surface area contributed by atoms with Crippen molar-refractivity contribution in [3.05, 3.63) is 30.0 Å². The van der Waals surface area contributed by atoms with Crippen molar-refractivity contribution in [1.82, 2.24) is 10.3 Å². The van der Waals surface area contributed by atoms with Gasteiger partial charge in [0.05, 0.1) is 0 Å². The maximum absolute atomic E-state index is 5.74. The van der Waals surface area contributed by atoms with Crippen LogP contribution in [0.2, 0.25) is 0 Å². The number of hydrogen-bond acceptors (Lipinski definition) is 5. The van der Waals surface area contributed by atoms with E-state index in [-0.39, 0.29) is 6.29 Å². The zero-order chi connectivity index (χ0) is 13.3. The van der Waals surface area contributed by atoms with E-state index in [4.69, 9.17) is 5.73 Å². The molecule has 5 heteroatoms. The van der Waals surface area contributed by atoms with Crippen molar-refractivity contribution < 1.29 is 0 Å². The number of aliphatic imine (C=N–C) groups is 1. The zero-order valence-electron chi connectivity index (χ0n) is 11.1. The molecular weight excluding hydrogens is 238 g/mol. The van der Waals surface area contributed by atoms with Crippen molar-refractivity contribution in [3.63, 3.8) is 0 Å². The fourth-order valence-corrected chi connectivity index (χ4v) is 2.02. The number of aromatic nitrogens is 1. The van der Waals surface area contributed by atoms with Gasteiger partial charge in [0, 0.05) is 30.2 Å². The van der Waals surface area contributed by atoms with Crippen LogP contribution in [0.3, 0.4) is 0 Å². The Morgan fingerprint density at radius 2 is 2.37 bits per heavy atom. The van der Waals surface area contributed by atoms with Gasteiger partial charge in [-0.05, 0) is 36.5 Å². The molecule has 2 aliphatic rings. The Balaban J connectivity index is 1.72. The Morgan fingerprint density at radius 3 is 3.11 bits per heavy atom. The molecule has 1 fully saturated rings. The highest BCUT2D eigenvalue weighted by Crippen LogP contribution is 2.44. The van der Waals surface area contributed by atoms with E-state index in [0.29, 0.717) is 5.41 Å². The van der Waals surface area contributed by atoms with E-state index >= 15 is 0 Å². The number of pyridine rings is 1. The third kappa shape index (κ3) is 2.93. The van der Waals surface area contributed by atoms with E-state index in [1.165, 1.54) is 12.8 Å². The van der Waals surface area contributed by atoms with Crippen LogP contribution >= 0.6 is 0 Å². The number of allylic oxidation sites excluding steroid dienone is 1. The summed E-state index contributed by atoms with van der Waals surface area (Å²) in [6.45, 7) is 3.28. The minimum absolute atomic E-state index is 0.366. The van der Waals surface area contributed by atoms with Gasteiger partial charge in [0.25, 0.3) is 0 Å². The van der Waals surface area contributed by atoms with Gasteiger partial charge in [-0.3, -0.25) is 10.7 Å². The summed E-state index contributed by atoms with van der Waals surface area (Å²) in [5.41, 5.74) is 8.26. The van der Waals surface area contributed by atoms with Crippen LogP contribution in [-0.4, -0.2) is 24.0 Å². The van der Waals surface area contributed by atoms with E-state index in [1.54, 1.807) is 6.21 Å². The number of hydrogen-bond donors (Lipinski definition) is 3. The third-order valence-corrected chi connectivity index (χ3v) is 3.66. The van der Waals surface area contributed by atoms with Crippen molar-refractivity contribution in [2.45, 2.75) is 26.1 Å². The molecule has 0 spiro atoms. The van der Waals surface area contributed by atoms with E-state index in [9.17, 15) is 0 Å². The van der Waals surface area contributed by atoms with E-state index in [2.05, 4.69) is 27.5 Å². The lowest BCUT2D eigenvalue weighted by atomic mass is 10.1. The Hall–Kier alpha value is -1.88. The Labute approximate surface area is 113 Å². The molecule has 5 nitrogen and oxygen atoms in total. The van der Waals surface area contributed by atoms with Crippen LogP contribution in [0, 0.1) is 5.41 Å². The maximum Gasteiger partial charge on any atom is 0.171 e. The second-order valence-corrected chi connectivity index (χ2v) is 5.56. The van der Waals surface area contributed by atoms with Crippen molar-refractivity contribution in [2.24, 2.45) is 16.1 Å². The second kappa shape index (κ2) is 4.66. The largest absolute Gasteiger partial charge is 0.370 e. The number of nitrogens with two attached hydrogens (primary N) is 1. The molecular formula is C14H19N5. The molecule has 1 aliphatic carbocycles. The smallest absolute Gasteiger partial charge is 0.171 e. The summed E-state index contributed by atoms with van der Waals surface area (Å²) >= 11 is 0. The van der Waals surface area contributed by atoms with Crippen LogP contribution in [0.4, 0.5) is 5.82 Å². The second-order valence-electron chi connectivity index (χ2n) is 5.56. The van der Waals surface area contributed by atoms with Crippen molar-refractivity contribution in [3.8, 4) is 0 Å². The van der Waals surface area contributed by atoms with E-state index in [0.717, 1.165) is 23.6 Å². The Morgan fingerprint density at radius 1 is 1.53 bits per heavy atom. The van der Waals surface area contributed by atoms with Crippen LogP contribution in [-0.2, 0) is 0 Å².